The predicted molar refractivity (Wildman–Crippen MR) is 96.7 cm³/mol. The summed E-state index contributed by atoms with van der Waals surface area (Å²) in [6.07, 6.45) is 2.64. The SMILES string of the molecule is O=C(CCCc1nc(-c2ccc(F)cc2)no1)NNC(=O)c1cc(Br)c[nH]1. The standard InChI is InChI=1S/C17H15BrFN5O3/c18-11-8-13(20-9-11)17(26)23-22-14(25)2-1-3-15-21-16(24-27-15)10-4-6-12(19)7-5-10/h4-9,20H,1-3H2,(H,22,25)(H,23,26). The summed E-state index contributed by atoms with van der Waals surface area (Å²) >= 11 is 3.22. The van der Waals surface area contributed by atoms with Crippen molar-refractivity contribution in [2.75, 3.05) is 0 Å². The van der Waals surface area contributed by atoms with E-state index in [0.717, 1.165) is 4.47 Å². The number of hydrazine groups is 1. The number of aryl methyl sites for hydroxylation is 1. The van der Waals surface area contributed by atoms with E-state index in [1.807, 2.05) is 0 Å². The second-order valence-corrected chi connectivity index (χ2v) is 6.52. The third-order valence-corrected chi connectivity index (χ3v) is 4.03. The molecule has 2 amide bonds. The Morgan fingerprint density at radius 1 is 1.22 bits per heavy atom. The molecule has 140 valence electrons. The quantitative estimate of drug-likeness (QED) is 0.515. The van der Waals surface area contributed by atoms with Crippen molar-refractivity contribution in [1.82, 2.24) is 26.0 Å². The van der Waals surface area contributed by atoms with E-state index < -0.39 is 5.91 Å². The summed E-state index contributed by atoms with van der Waals surface area (Å²) in [5, 5.41) is 3.84. The molecule has 0 saturated heterocycles. The van der Waals surface area contributed by atoms with Crippen LogP contribution in [0.3, 0.4) is 0 Å². The highest BCUT2D eigenvalue weighted by Gasteiger charge is 2.11. The Hall–Kier alpha value is -3.01. The van der Waals surface area contributed by atoms with Gasteiger partial charge >= 0.3 is 0 Å². The fourth-order valence-electron chi connectivity index (χ4n) is 2.23. The second-order valence-electron chi connectivity index (χ2n) is 5.61. The normalized spacial score (nSPS) is 10.6. The molecule has 0 spiro atoms. The summed E-state index contributed by atoms with van der Waals surface area (Å²) in [6.45, 7) is 0. The number of carbonyl (C=O) groups excluding carboxylic acids is 2. The highest BCUT2D eigenvalue weighted by atomic mass is 79.9. The van der Waals surface area contributed by atoms with Crippen LogP contribution in [0.1, 0.15) is 29.2 Å². The zero-order chi connectivity index (χ0) is 19.2. The van der Waals surface area contributed by atoms with Gasteiger partial charge in [-0.1, -0.05) is 5.16 Å². The van der Waals surface area contributed by atoms with Crippen molar-refractivity contribution in [3.63, 3.8) is 0 Å². The number of benzene rings is 1. The first-order chi connectivity index (χ1) is 13.0. The van der Waals surface area contributed by atoms with E-state index in [1.165, 1.54) is 12.1 Å². The number of aromatic amines is 1. The first-order valence-electron chi connectivity index (χ1n) is 8.03. The van der Waals surface area contributed by atoms with Crippen LogP contribution in [0.4, 0.5) is 4.39 Å². The number of halogens is 2. The van der Waals surface area contributed by atoms with Gasteiger partial charge in [-0.2, -0.15) is 4.98 Å². The van der Waals surface area contributed by atoms with Gasteiger partial charge in [0.2, 0.25) is 17.6 Å². The van der Waals surface area contributed by atoms with Crippen molar-refractivity contribution in [3.8, 4) is 11.4 Å². The van der Waals surface area contributed by atoms with Crippen LogP contribution in [-0.2, 0) is 11.2 Å². The van der Waals surface area contributed by atoms with E-state index in [0.29, 0.717) is 35.8 Å². The molecule has 3 rings (SSSR count). The summed E-state index contributed by atoms with van der Waals surface area (Å²) in [7, 11) is 0. The minimum absolute atomic E-state index is 0.170. The van der Waals surface area contributed by atoms with Crippen LogP contribution < -0.4 is 10.9 Å². The Labute approximate surface area is 161 Å². The van der Waals surface area contributed by atoms with Crippen LogP contribution in [0.15, 0.2) is 45.5 Å². The molecule has 27 heavy (non-hydrogen) atoms. The highest BCUT2D eigenvalue weighted by molar-refractivity contribution is 9.10. The molecule has 2 heterocycles. The minimum Gasteiger partial charge on any atom is -0.356 e. The van der Waals surface area contributed by atoms with Gasteiger partial charge in [0.25, 0.3) is 5.91 Å². The zero-order valence-corrected chi connectivity index (χ0v) is 15.5. The van der Waals surface area contributed by atoms with Crippen LogP contribution in [0.2, 0.25) is 0 Å². The maximum absolute atomic E-state index is 12.9. The van der Waals surface area contributed by atoms with Crippen molar-refractivity contribution >= 4 is 27.7 Å². The third-order valence-electron chi connectivity index (χ3n) is 3.57. The number of H-pyrrole nitrogens is 1. The zero-order valence-electron chi connectivity index (χ0n) is 14.0. The van der Waals surface area contributed by atoms with Crippen molar-refractivity contribution in [1.29, 1.82) is 0 Å². The number of aromatic nitrogens is 3. The molecule has 3 N–H and O–H groups in total. The molecule has 0 aliphatic carbocycles. The molecule has 0 bridgehead atoms. The lowest BCUT2D eigenvalue weighted by Crippen LogP contribution is -2.41. The second kappa shape index (κ2) is 8.58. The Bertz CT molecular complexity index is 938. The number of hydrogen-bond acceptors (Lipinski definition) is 5. The lowest BCUT2D eigenvalue weighted by molar-refractivity contribution is -0.121. The Kier molecular flexibility index (Phi) is 5.97. The molecule has 3 aromatic rings. The van der Waals surface area contributed by atoms with Gasteiger partial charge in [0.05, 0.1) is 0 Å². The maximum Gasteiger partial charge on any atom is 0.286 e. The molecule has 0 aliphatic rings. The molecule has 8 nitrogen and oxygen atoms in total. The van der Waals surface area contributed by atoms with Crippen LogP contribution in [-0.4, -0.2) is 26.9 Å². The fraction of sp³-hybridized carbons (Fsp3) is 0.176. The van der Waals surface area contributed by atoms with Crippen LogP contribution in [0.25, 0.3) is 11.4 Å². The number of amides is 2. The largest absolute Gasteiger partial charge is 0.356 e. The Morgan fingerprint density at radius 2 is 2.00 bits per heavy atom. The highest BCUT2D eigenvalue weighted by Crippen LogP contribution is 2.16. The molecular formula is C17H15BrFN5O3. The monoisotopic (exact) mass is 435 g/mol. The minimum atomic E-state index is -0.449. The van der Waals surface area contributed by atoms with Gasteiger partial charge in [0, 0.05) is 29.1 Å². The van der Waals surface area contributed by atoms with Gasteiger partial charge in [-0.15, -0.1) is 0 Å². The molecular weight excluding hydrogens is 421 g/mol. The van der Waals surface area contributed by atoms with Crippen molar-refractivity contribution in [3.05, 3.63) is 58.4 Å². The van der Waals surface area contributed by atoms with Gasteiger partial charge in [0.1, 0.15) is 11.5 Å². The first-order valence-corrected chi connectivity index (χ1v) is 8.82. The molecule has 0 radical (unpaired) electrons. The molecule has 10 heteroatoms. The smallest absolute Gasteiger partial charge is 0.286 e. The summed E-state index contributed by atoms with van der Waals surface area (Å²) in [5.41, 5.74) is 5.62. The molecule has 0 aliphatic heterocycles. The predicted octanol–water partition coefficient (Wildman–Crippen LogP) is 2.75. The number of nitrogens with one attached hydrogen (secondary N) is 3. The lowest BCUT2D eigenvalue weighted by atomic mass is 10.2. The third kappa shape index (κ3) is 5.23. The van der Waals surface area contributed by atoms with Gasteiger partial charge in [-0.25, -0.2) is 4.39 Å². The van der Waals surface area contributed by atoms with E-state index in [1.54, 1.807) is 24.4 Å². The maximum atomic E-state index is 12.9. The molecule has 2 aromatic heterocycles. The fourth-order valence-corrected chi connectivity index (χ4v) is 2.57. The van der Waals surface area contributed by atoms with Crippen molar-refractivity contribution in [2.45, 2.75) is 19.3 Å². The number of rotatable bonds is 6. The summed E-state index contributed by atoms with van der Waals surface area (Å²) in [6, 6.07) is 7.34. The number of nitrogens with zero attached hydrogens (tertiary/aromatic N) is 2. The molecule has 0 saturated carbocycles. The number of hydrogen-bond donors (Lipinski definition) is 3. The van der Waals surface area contributed by atoms with E-state index in [2.05, 4.69) is 41.9 Å². The van der Waals surface area contributed by atoms with Crippen LogP contribution in [0.5, 0.6) is 0 Å². The number of carbonyl (C=O) groups is 2. The van der Waals surface area contributed by atoms with Gasteiger partial charge in [-0.05, 0) is 52.7 Å². The summed E-state index contributed by atoms with van der Waals surface area (Å²) in [5.74, 6) is -0.396. The topological polar surface area (TPSA) is 113 Å². The summed E-state index contributed by atoms with van der Waals surface area (Å²) < 4.78 is 18.8. The van der Waals surface area contributed by atoms with Gasteiger partial charge < -0.3 is 9.51 Å². The average molecular weight is 436 g/mol. The molecule has 0 unspecified atom stereocenters. The Morgan fingerprint density at radius 3 is 2.70 bits per heavy atom. The van der Waals surface area contributed by atoms with E-state index >= 15 is 0 Å². The van der Waals surface area contributed by atoms with E-state index in [-0.39, 0.29) is 18.1 Å². The Balaban J connectivity index is 1.41. The van der Waals surface area contributed by atoms with Gasteiger partial charge in [0.15, 0.2) is 0 Å². The molecule has 1 aromatic carbocycles. The van der Waals surface area contributed by atoms with E-state index in [4.69, 9.17) is 4.52 Å². The van der Waals surface area contributed by atoms with Crippen molar-refractivity contribution < 1.29 is 18.5 Å². The molecule has 0 fully saturated rings. The lowest BCUT2D eigenvalue weighted by Gasteiger charge is -2.05. The molecule has 0 atom stereocenters. The van der Waals surface area contributed by atoms with Crippen LogP contribution in [0, 0.1) is 5.82 Å². The average Bonchev–Trinajstić information content (AvgIpc) is 3.30. The summed E-state index contributed by atoms with van der Waals surface area (Å²) in [4.78, 5) is 30.5. The van der Waals surface area contributed by atoms with Gasteiger partial charge in [-0.3, -0.25) is 20.4 Å². The van der Waals surface area contributed by atoms with E-state index in [9.17, 15) is 14.0 Å². The van der Waals surface area contributed by atoms with Crippen LogP contribution >= 0.6 is 15.9 Å². The van der Waals surface area contributed by atoms with Crippen molar-refractivity contribution in [2.24, 2.45) is 0 Å². The first kappa shape index (κ1) is 18.8.